The number of carbonyl (C=O) groups is 2. The second-order valence-electron chi connectivity index (χ2n) is 10.8. The van der Waals surface area contributed by atoms with Crippen molar-refractivity contribution in [1.82, 2.24) is 10.2 Å². The summed E-state index contributed by atoms with van der Waals surface area (Å²) in [6, 6.07) is 31.1. The predicted octanol–water partition coefficient (Wildman–Crippen LogP) is 5.76. The molecule has 0 fully saturated rings. The highest BCUT2D eigenvalue weighted by molar-refractivity contribution is 7.92. The topological polar surface area (TPSA) is 96.0 Å². The van der Waals surface area contributed by atoms with E-state index in [0.717, 1.165) is 27.4 Å². The lowest BCUT2D eigenvalue weighted by Gasteiger charge is -2.34. The standard InChI is InChI=1S/C36H41N3O5S/c1-4-23-37-36(41)34(25-29-14-8-6-9-15-29)38(26-30-16-12-13-28(3)24-30)35(40)27-39(31-17-10-7-11-18-31)45(42,43)33-21-19-32(20-22-33)44-5-2/h6-22,24,34H,4-5,23,25-27H2,1-3H3,(H,37,41)/t34-/m1/s1. The maximum atomic E-state index is 14.5. The van der Waals surface area contributed by atoms with Crippen LogP contribution < -0.4 is 14.4 Å². The van der Waals surface area contributed by atoms with Gasteiger partial charge in [0, 0.05) is 19.5 Å². The zero-order chi connectivity index (χ0) is 32.2. The minimum atomic E-state index is -4.18. The fraction of sp³-hybridized carbons (Fsp3) is 0.278. The van der Waals surface area contributed by atoms with Crippen LogP contribution in [0.5, 0.6) is 5.75 Å². The first-order chi connectivity index (χ1) is 21.7. The molecule has 0 aliphatic heterocycles. The molecule has 0 heterocycles. The number of ether oxygens (including phenoxy) is 1. The van der Waals surface area contributed by atoms with E-state index >= 15 is 0 Å². The van der Waals surface area contributed by atoms with Crippen LogP contribution in [-0.2, 0) is 32.6 Å². The average molecular weight is 628 g/mol. The van der Waals surface area contributed by atoms with Gasteiger partial charge in [0.2, 0.25) is 11.8 Å². The van der Waals surface area contributed by atoms with Crippen molar-refractivity contribution in [3.8, 4) is 5.75 Å². The number of benzene rings is 4. The number of sulfonamides is 1. The van der Waals surface area contributed by atoms with Crippen LogP contribution in [0.1, 0.15) is 37.0 Å². The highest BCUT2D eigenvalue weighted by atomic mass is 32.2. The fourth-order valence-corrected chi connectivity index (χ4v) is 6.47. The van der Waals surface area contributed by atoms with Gasteiger partial charge >= 0.3 is 0 Å². The first-order valence-corrected chi connectivity index (χ1v) is 16.6. The molecule has 0 radical (unpaired) electrons. The first kappa shape index (κ1) is 33.3. The van der Waals surface area contributed by atoms with Gasteiger partial charge in [-0.15, -0.1) is 0 Å². The molecule has 1 atom stereocenters. The van der Waals surface area contributed by atoms with Crippen molar-refractivity contribution in [2.75, 3.05) is 24.0 Å². The Hall–Kier alpha value is -4.63. The Labute approximate surface area is 266 Å². The van der Waals surface area contributed by atoms with E-state index in [4.69, 9.17) is 4.74 Å². The van der Waals surface area contributed by atoms with Crippen LogP contribution in [0.15, 0.2) is 114 Å². The second-order valence-corrected chi connectivity index (χ2v) is 12.6. The quantitative estimate of drug-likeness (QED) is 0.181. The SMILES string of the molecule is CCCNC(=O)[C@@H](Cc1ccccc1)N(Cc1cccc(C)c1)C(=O)CN(c1ccccc1)S(=O)(=O)c1ccc(OCC)cc1. The fourth-order valence-electron chi connectivity index (χ4n) is 5.05. The molecule has 236 valence electrons. The zero-order valence-corrected chi connectivity index (χ0v) is 26.9. The second kappa shape index (κ2) is 15.9. The third-order valence-electron chi connectivity index (χ3n) is 7.30. The van der Waals surface area contributed by atoms with Crippen molar-refractivity contribution in [2.45, 2.75) is 51.1 Å². The van der Waals surface area contributed by atoms with E-state index in [1.165, 1.54) is 17.0 Å². The number of amides is 2. The van der Waals surface area contributed by atoms with Gasteiger partial charge in [-0.3, -0.25) is 13.9 Å². The molecule has 0 spiro atoms. The molecular weight excluding hydrogens is 586 g/mol. The number of para-hydroxylation sites is 1. The van der Waals surface area contributed by atoms with Gasteiger partial charge < -0.3 is 15.0 Å². The number of hydrogen-bond donors (Lipinski definition) is 1. The summed E-state index contributed by atoms with van der Waals surface area (Å²) in [5.74, 6) is -0.241. The third kappa shape index (κ3) is 8.95. The third-order valence-corrected chi connectivity index (χ3v) is 9.09. The van der Waals surface area contributed by atoms with Crippen molar-refractivity contribution in [3.63, 3.8) is 0 Å². The van der Waals surface area contributed by atoms with Crippen molar-refractivity contribution in [3.05, 3.63) is 126 Å². The monoisotopic (exact) mass is 627 g/mol. The van der Waals surface area contributed by atoms with Crippen molar-refractivity contribution in [2.24, 2.45) is 0 Å². The summed E-state index contributed by atoms with van der Waals surface area (Å²) in [4.78, 5) is 29.7. The van der Waals surface area contributed by atoms with Crippen LogP contribution in [0.3, 0.4) is 0 Å². The van der Waals surface area contributed by atoms with E-state index in [-0.39, 0.29) is 23.8 Å². The van der Waals surface area contributed by atoms with Crippen LogP contribution in [0.4, 0.5) is 5.69 Å². The van der Waals surface area contributed by atoms with Gasteiger partial charge in [-0.25, -0.2) is 8.42 Å². The van der Waals surface area contributed by atoms with Gasteiger partial charge in [0.05, 0.1) is 17.2 Å². The number of nitrogens with zero attached hydrogens (tertiary/aromatic N) is 2. The van der Waals surface area contributed by atoms with Crippen molar-refractivity contribution < 1.29 is 22.7 Å². The maximum absolute atomic E-state index is 14.5. The maximum Gasteiger partial charge on any atom is 0.264 e. The minimum absolute atomic E-state index is 0.0226. The summed E-state index contributed by atoms with van der Waals surface area (Å²) >= 11 is 0. The number of carbonyl (C=O) groups excluding carboxylic acids is 2. The van der Waals surface area contributed by atoms with E-state index in [9.17, 15) is 18.0 Å². The minimum Gasteiger partial charge on any atom is -0.494 e. The number of aryl methyl sites for hydroxylation is 1. The Morgan fingerprint density at radius 1 is 0.822 bits per heavy atom. The summed E-state index contributed by atoms with van der Waals surface area (Å²) in [6.07, 6.45) is 1.00. The molecule has 2 amide bonds. The normalized spacial score (nSPS) is 11.8. The predicted molar refractivity (Wildman–Crippen MR) is 178 cm³/mol. The summed E-state index contributed by atoms with van der Waals surface area (Å²) in [6.45, 7) is 6.31. The molecular formula is C36H41N3O5S. The zero-order valence-electron chi connectivity index (χ0n) is 26.1. The van der Waals surface area contributed by atoms with Crippen LogP contribution in [-0.4, -0.2) is 50.9 Å². The molecule has 0 unspecified atom stereocenters. The number of anilines is 1. The summed E-state index contributed by atoms with van der Waals surface area (Å²) in [7, 11) is -4.18. The van der Waals surface area contributed by atoms with Crippen LogP contribution >= 0.6 is 0 Å². The molecule has 0 aromatic heterocycles. The lowest BCUT2D eigenvalue weighted by Crippen LogP contribution is -2.53. The van der Waals surface area contributed by atoms with Crippen molar-refractivity contribution >= 4 is 27.5 Å². The molecule has 0 saturated carbocycles. The van der Waals surface area contributed by atoms with Crippen molar-refractivity contribution in [1.29, 1.82) is 0 Å². The molecule has 4 aromatic carbocycles. The lowest BCUT2D eigenvalue weighted by atomic mass is 10.0. The van der Waals surface area contributed by atoms with E-state index in [0.29, 0.717) is 24.6 Å². The van der Waals surface area contributed by atoms with Gasteiger partial charge in [-0.05, 0) is 67.8 Å². The molecule has 45 heavy (non-hydrogen) atoms. The Morgan fingerprint density at radius 2 is 1.47 bits per heavy atom. The van der Waals surface area contributed by atoms with E-state index in [1.54, 1.807) is 42.5 Å². The molecule has 0 aliphatic rings. The molecule has 4 aromatic rings. The van der Waals surface area contributed by atoms with E-state index < -0.39 is 28.5 Å². The highest BCUT2D eigenvalue weighted by Gasteiger charge is 2.34. The number of hydrogen-bond acceptors (Lipinski definition) is 5. The van der Waals surface area contributed by atoms with Gasteiger partial charge in [0.15, 0.2) is 0 Å². The molecule has 0 saturated heterocycles. The molecule has 1 N–H and O–H groups in total. The number of rotatable bonds is 15. The van der Waals surface area contributed by atoms with Gasteiger partial charge in [0.25, 0.3) is 10.0 Å². The van der Waals surface area contributed by atoms with Crippen LogP contribution in [0.25, 0.3) is 0 Å². The van der Waals surface area contributed by atoms with E-state index in [2.05, 4.69) is 5.32 Å². The van der Waals surface area contributed by atoms with Gasteiger partial charge in [0.1, 0.15) is 18.3 Å². The molecule has 0 bridgehead atoms. The first-order valence-electron chi connectivity index (χ1n) is 15.2. The summed E-state index contributed by atoms with van der Waals surface area (Å²) in [5, 5.41) is 2.97. The molecule has 0 aliphatic carbocycles. The van der Waals surface area contributed by atoms with Crippen LogP contribution in [0, 0.1) is 6.92 Å². The largest absolute Gasteiger partial charge is 0.494 e. The average Bonchev–Trinajstić information content (AvgIpc) is 3.05. The molecule has 4 rings (SSSR count). The smallest absolute Gasteiger partial charge is 0.264 e. The molecule has 8 nitrogen and oxygen atoms in total. The molecule has 9 heteroatoms. The highest BCUT2D eigenvalue weighted by Crippen LogP contribution is 2.26. The Balaban J connectivity index is 1.77. The Bertz CT molecular complexity index is 1650. The lowest BCUT2D eigenvalue weighted by molar-refractivity contribution is -0.140. The number of nitrogens with one attached hydrogen (secondary N) is 1. The van der Waals surface area contributed by atoms with Gasteiger partial charge in [-0.2, -0.15) is 0 Å². The van der Waals surface area contributed by atoms with E-state index in [1.807, 2.05) is 75.4 Å². The Morgan fingerprint density at radius 3 is 2.09 bits per heavy atom. The van der Waals surface area contributed by atoms with Gasteiger partial charge in [-0.1, -0.05) is 85.3 Å². The summed E-state index contributed by atoms with van der Waals surface area (Å²) in [5.41, 5.74) is 3.08. The van der Waals surface area contributed by atoms with Crippen LogP contribution in [0.2, 0.25) is 0 Å². The Kier molecular flexibility index (Phi) is 11.8. The summed E-state index contributed by atoms with van der Waals surface area (Å²) < 4.78 is 34.9.